The molecular formula is C21H29N5. The third-order valence-electron chi connectivity index (χ3n) is 5.65. The monoisotopic (exact) mass is 351 g/mol. The minimum atomic E-state index is 0.902. The Kier molecular flexibility index (Phi) is 5.46. The van der Waals surface area contributed by atoms with Gasteiger partial charge in [-0.1, -0.05) is 19.1 Å². The van der Waals surface area contributed by atoms with E-state index in [0.717, 1.165) is 56.2 Å². The van der Waals surface area contributed by atoms with E-state index in [9.17, 15) is 0 Å². The first-order valence-corrected chi connectivity index (χ1v) is 9.94. The van der Waals surface area contributed by atoms with Crippen LogP contribution in [-0.2, 0) is 6.54 Å². The van der Waals surface area contributed by atoms with E-state index in [2.05, 4.69) is 68.2 Å². The molecule has 2 aliphatic rings. The molecule has 2 fully saturated rings. The molecule has 1 aromatic heterocycles. The quantitative estimate of drug-likeness (QED) is 0.828. The Morgan fingerprint density at radius 2 is 1.46 bits per heavy atom. The van der Waals surface area contributed by atoms with Gasteiger partial charge in [-0.3, -0.25) is 4.90 Å². The van der Waals surface area contributed by atoms with Crippen molar-refractivity contribution >= 4 is 5.69 Å². The molecule has 1 aromatic carbocycles. The van der Waals surface area contributed by atoms with Crippen LogP contribution >= 0.6 is 0 Å². The van der Waals surface area contributed by atoms with E-state index < -0.39 is 0 Å². The number of aromatic nitrogens is 2. The second kappa shape index (κ2) is 8.14. The maximum absolute atomic E-state index is 4.47. The summed E-state index contributed by atoms with van der Waals surface area (Å²) in [6.07, 6.45) is 2.62. The number of hydrogen-bond acceptors (Lipinski definition) is 5. The van der Waals surface area contributed by atoms with Crippen LogP contribution in [0, 0.1) is 0 Å². The molecule has 0 bridgehead atoms. The molecule has 0 unspecified atom stereocenters. The Balaban J connectivity index is 1.36. The van der Waals surface area contributed by atoms with Gasteiger partial charge in [0.05, 0.1) is 11.4 Å². The second-order valence-electron chi connectivity index (χ2n) is 7.36. The van der Waals surface area contributed by atoms with E-state index in [1.807, 2.05) is 0 Å². The molecule has 0 amide bonds. The zero-order valence-electron chi connectivity index (χ0n) is 15.8. The lowest BCUT2D eigenvalue weighted by molar-refractivity contribution is 0.130. The highest BCUT2D eigenvalue weighted by Crippen LogP contribution is 2.24. The van der Waals surface area contributed by atoms with Crippen molar-refractivity contribution in [2.24, 2.45) is 0 Å². The maximum Gasteiger partial charge on any atom is 0.0929 e. The van der Waals surface area contributed by atoms with Gasteiger partial charge in [0.2, 0.25) is 0 Å². The van der Waals surface area contributed by atoms with Gasteiger partial charge < -0.3 is 9.80 Å². The van der Waals surface area contributed by atoms with Gasteiger partial charge in [-0.25, -0.2) is 0 Å². The average molecular weight is 351 g/mol. The first kappa shape index (κ1) is 17.4. The van der Waals surface area contributed by atoms with Crippen molar-refractivity contribution in [3.05, 3.63) is 42.1 Å². The summed E-state index contributed by atoms with van der Waals surface area (Å²) in [5.74, 6) is 0. The van der Waals surface area contributed by atoms with Crippen LogP contribution in [0.5, 0.6) is 0 Å². The predicted molar refractivity (Wildman–Crippen MR) is 106 cm³/mol. The number of piperazine rings is 1. The van der Waals surface area contributed by atoms with Crippen LogP contribution in [0.1, 0.15) is 25.5 Å². The van der Waals surface area contributed by atoms with Crippen LogP contribution < -0.4 is 4.90 Å². The number of nitrogens with zero attached hydrogens (tertiary/aromatic N) is 5. The van der Waals surface area contributed by atoms with Crippen molar-refractivity contribution in [1.82, 2.24) is 20.0 Å². The van der Waals surface area contributed by atoms with Gasteiger partial charge >= 0.3 is 0 Å². The predicted octanol–water partition coefficient (Wildman–Crippen LogP) is 2.88. The molecule has 0 spiro atoms. The summed E-state index contributed by atoms with van der Waals surface area (Å²) < 4.78 is 0. The van der Waals surface area contributed by atoms with Gasteiger partial charge in [0.1, 0.15) is 0 Å². The van der Waals surface area contributed by atoms with Crippen LogP contribution in [0.4, 0.5) is 5.69 Å². The summed E-state index contributed by atoms with van der Waals surface area (Å²) in [5, 5.41) is 8.94. The second-order valence-corrected chi connectivity index (χ2v) is 7.36. The Bertz CT molecular complexity index is 683. The van der Waals surface area contributed by atoms with Gasteiger partial charge in [-0.05, 0) is 43.7 Å². The van der Waals surface area contributed by atoms with Gasteiger partial charge in [-0.15, -0.1) is 0 Å². The minimum Gasteiger partial charge on any atom is -0.372 e. The Hall–Kier alpha value is -1.98. The number of likely N-dealkylation sites (N-methyl/N-ethyl adjacent to an activating group) is 1. The molecule has 0 saturated carbocycles. The zero-order chi connectivity index (χ0) is 17.8. The lowest BCUT2D eigenvalue weighted by atomic mass is 10.1. The van der Waals surface area contributed by atoms with E-state index in [1.165, 1.54) is 31.6 Å². The summed E-state index contributed by atoms with van der Waals surface area (Å²) in [4.78, 5) is 7.43. The molecule has 4 rings (SSSR count). The number of benzene rings is 1. The topological polar surface area (TPSA) is 35.5 Å². The standard InChI is InChI=1S/C21H29N5/c1-2-24-13-15-25(16-14-24)17-19-7-10-21(23-22-19)18-5-8-20(9-6-18)26-11-3-4-12-26/h5-10H,2-4,11-17H2,1H3. The van der Waals surface area contributed by atoms with Crippen molar-refractivity contribution in [2.75, 3.05) is 50.7 Å². The van der Waals surface area contributed by atoms with Crippen molar-refractivity contribution in [3.8, 4) is 11.3 Å². The summed E-state index contributed by atoms with van der Waals surface area (Å²) in [6.45, 7) is 11.2. The van der Waals surface area contributed by atoms with E-state index in [4.69, 9.17) is 0 Å². The molecule has 3 heterocycles. The Labute approximate surface area is 156 Å². The normalized spacial score (nSPS) is 19.2. The third-order valence-corrected chi connectivity index (χ3v) is 5.65. The number of hydrogen-bond donors (Lipinski definition) is 0. The van der Waals surface area contributed by atoms with Crippen molar-refractivity contribution in [1.29, 1.82) is 0 Å². The van der Waals surface area contributed by atoms with Gasteiger partial charge in [-0.2, -0.15) is 10.2 Å². The molecule has 0 radical (unpaired) electrons. The molecule has 0 N–H and O–H groups in total. The van der Waals surface area contributed by atoms with Crippen LogP contribution in [0.3, 0.4) is 0 Å². The average Bonchev–Trinajstić information content (AvgIpc) is 3.24. The minimum absolute atomic E-state index is 0.902. The highest BCUT2D eigenvalue weighted by Gasteiger charge is 2.16. The first-order valence-electron chi connectivity index (χ1n) is 9.94. The third kappa shape index (κ3) is 4.05. The number of rotatable bonds is 5. The molecule has 0 aliphatic carbocycles. The van der Waals surface area contributed by atoms with Crippen molar-refractivity contribution in [2.45, 2.75) is 26.3 Å². The highest BCUT2D eigenvalue weighted by atomic mass is 15.3. The molecular weight excluding hydrogens is 322 g/mol. The van der Waals surface area contributed by atoms with Crippen molar-refractivity contribution in [3.63, 3.8) is 0 Å². The van der Waals surface area contributed by atoms with E-state index in [1.54, 1.807) is 0 Å². The fraction of sp³-hybridized carbons (Fsp3) is 0.524. The summed E-state index contributed by atoms with van der Waals surface area (Å²) in [6, 6.07) is 13.0. The SMILES string of the molecule is CCN1CCN(Cc2ccc(-c3ccc(N4CCCC4)cc3)nn2)CC1. The molecule has 2 saturated heterocycles. The van der Waals surface area contributed by atoms with Crippen LogP contribution in [0.15, 0.2) is 36.4 Å². The molecule has 0 atom stereocenters. The van der Waals surface area contributed by atoms with Crippen LogP contribution in [0.2, 0.25) is 0 Å². The molecule has 26 heavy (non-hydrogen) atoms. The molecule has 2 aliphatic heterocycles. The summed E-state index contributed by atoms with van der Waals surface area (Å²) >= 11 is 0. The molecule has 2 aromatic rings. The van der Waals surface area contributed by atoms with Gasteiger partial charge in [0.25, 0.3) is 0 Å². The van der Waals surface area contributed by atoms with Crippen molar-refractivity contribution < 1.29 is 0 Å². The Morgan fingerprint density at radius 1 is 0.769 bits per heavy atom. The first-order chi connectivity index (χ1) is 12.8. The van der Waals surface area contributed by atoms with Gasteiger partial charge in [0, 0.05) is 57.1 Å². The molecule has 5 nitrogen and oxygen atoms in total. The highest BCUT2D eigenvalue weighted by molar-refractivity contribution is 5.63. The van der Waals surface area contributed by atoms with E-state index >= 15 is 0 Å². The fourth-order valence-corrected chi connectivity index (χ4v) is 3.91. The zero-order valence-corrected chi connectivity index (χ0v) is 15.8. The van der Waals surface area contributed by atoms with Crippen LogP contribution in [0.25, 0.3) is 11.3 Å². The van der Waals surface area contributed by atoms with Crippen LogP contribution in [-0.4, -0.2) is 65.8 Å². The fourth-order valence-electron chi connectivity index (χ4n) is 3.91. The summed E-state index contributed by atoms with van der Waals surface area (Å²) in [7, 11) is 0. The number of anilines is 1. The summed E-state index contributed by atoms with van der Waals surface area (Å²) in [5.41, 5.74) is 4.48. The lowest BCUT2D eigenvalue weighted by Crippen LogP contribution is -2.45. The lowest BCUT2D eigenvalue weighted by Gasteiger charge is -2.33. The molecule has 138 valence electrons. The van der Waals surface area contributed by atoms with E-state index in [0.29, 0.717) is 0 Å². The van der Waals surface area contributed by atoms with E-state index in [-0.39, 0.29) is 0 Å². The maximum atomic E-state index is 4.47. The Morgan fingerprint density at radius 3 is 2.08 bits per heavy atom. The molecule has 5 heteroatoms. The largest absolute Gasteiger partial charge is 0.372 e. The smallest absolute Gasteiger partial charge is 0.0929 e. The van der Waals surface area contributed by atoms with Gasteiger partial charge in [0.15, 0.2) is 0 Å².